The zero-order chi connectivity index (χ0) is 8.97. The van der Waals surface area contributed by atoms with Gasteiger partial charge in [-0.1, -0.05) is 0 Å². The fourth-order valence-electron chi connectivity index (χ4n) is 1.46. The first-order chi connectivity index (χ1) is 5.74. The van der Waals surface area contributed by atoms with Gasteiger partial charge in [0.05, 0.1) is 0 Å². The standard InChI is InChI=1S/C10H20ClN/c1-9(2)12(7-3-6-11)8-10-4-5-10/h9-10H,3-8H2,1-2H3. The minimum atomic E-state index is 0.689. The molecule has 1 rings (SSSR count). The molecule has 1 aliphatic carbocycles. The molecule has 0 radical (unpaired) electrons. The Labute approximate surface area is 81.1 Å². The van der Waals surface area contributed by atoms with Crippen molar-refractivity contribution in [2.45, 2.75) is 39.2 Å². The number of halogens is 1. The molecule has 0 spiro atoms. The zero-order valence-electron chi connectivity index (χ0n) is 8.22. The third-order valence-corrected chi connectivity index (χ3v) is 2.77. The number of hydrogen-bond donors (Lipinski definition) is 0. The summed E-state index contributed by atoms with van der Waals surface area (Å²) in [5, 5.41) is 0. The van der Waals surface area contributed by atoms with E-state index in [4.69, 9.17) is 11.6 Å². The lowest BCUT2D eigenvalue weighted by Crippen LogP contribution is -2.33. The van der Waals surface area contributed by atoms with E-state index in [9.17, 15) is 0 Å². The summed E-state index contributed by atoms with van der Waals surface area (Å²) in [7, 11) is 0. The number of hydrogen-bond acceptors (Lipinski definition) is 1. The summed E-state index contributed by atoms with van der Waals surface area (Å²) in [5.41, 5.74) is 0. The molecule has 1 nitrogen and oxygen atoms in total. The Morgan fingerprint density at radius 1 is 1.42 bits per heavy atom. The lowest BCUT2D eigenvalue weighted by atomic mass is 10.2. The lowest BCUT2D eigenvalue weighted by Gasteiger charge is -2.25. The Balaban J connectivity index is 2.16. The minimum Gasteiger partial charge on any atom is -0.301 e. The lowest BCUT2D eigenvalue weighted by molar-refractivity contribution is 0.213. The highest BCUT2D eigenvalue weighted by atomic mass is 35.5. The molecule has 72 valence electrons. The van der Waals surface area contributed by atoms with Crippen LogP contribution in [0.1, 0.15) is 33.1 Å². The van der Waals surface area contributed by atoms with Crippen LogP contribution >= 0.6 is 11.6 Å². The van der Waals surface area contributed by atoms with Crippen LogP contribution in [0, 0.1) is 5.92 Å². The molecule has 0 bridgehead atoms. The molecule has 0 unspecified atom stereocenters. The Kier molecular flexibility index (Phi) is 4.38. The van der Waals surface area contributed by atoms with Gasteiger partial charge in [-0.25, -0.2) is 0 Å². The first-order valence-electron chi connectivity index (χ1n) is 5.04. The number of alkyl halides is 1. The van der Waals surface area contributed by atoms with Gasteiger partial charge in [0.2, 0.25) is 0 Å². The van der Waals surface area contributed by atoms with Crippen molar-refractivity contribution < 1.29 is 0 Å². The second-order valence-corrected chi connectivity index (χ2v) is 4.45. The molecule has 0 aromatic rings. The summed E-state index contributed by atoms with van der Waals surface area (Å²) in [6, 6.07) is 0.689. The topological polar surface area (TPSA) is 3.24 Å². The average molecular weight is 190 g/mol. The van der Waals surface area contributed by atoms with Gasteiger partial charge in [-0.15, -0.1) is 11.6 Å². The molecule has 0 aromatic carbocycles. The van der Waals surface area contributed by atoms with Crippen LogP contribution in [0.2, 0.25) is 0 Å². The summed E-state index contributed by atoms with van der Waals surface area (Å²) in [4.78, 5) is 2.56. The molecule has 0 saturated heterocycles. The van der Waals surface area contributed by atoms with Crippen LogP contribution in [0.5, 0.6) is 0 Å². The van der Waals surface area contributed by atoms with Crippen molar-refractivity contribution in [2.24, 2.45) is 5.92 Å². The predicted molar refractivity (Wildman–Crippen MR) is 54.8 cm³/mol. The molecule has 1 saturated carbocycles. The molecule has 0 heterocycles. The van der Waals surface area contributed by atoms with E-state index in [1.54, 1.807) is 0 Å². The molecule has 12 heavy (non-hydrogen) atoms. The second kappa shape index (κ2) is 5.08. The van der Waals surface area contributed by atoms with Crippen LogP contribution in [0.25, 0.3) is 0 Å². The Hall–Kier alpha value is 0.250. The Bertz CT molecular complexity index is 121. The summed E-state index contributed by atoms with van der Waals surface area (Å²) in [5.74, 6) is 1.80. The van der Waals surface area contributed by atoms with Gasteiger partial charge in [0.25, 0.3) is 0 Å². The smallest absolute Gasteiger partial charge is 0.0235 e. The molecule has 0 N–H and O–H groups in total. The molecule has 0 atom stereocenters. The molecule has 1 aliphatic rings. The van der Waals surface area contributed by atoms with Crippen LogP contribution < -0.4 is 0 Å². The monoisotopic (exact) mass is 189 g/mol. The quantitative estimate of drug-likeness (QED) is 0.581. The van der Waals surface area contributed by atoms with Gasteiger partial charge in [-0.3, -0.25) is 0 Å². The van der Waals surface area contributed by atoms with Crippen molar-refractivity contribution in [3.05, 3.63) is 0 Å². The van der Waals surface area contributed by atoms with E-state index in [1.165, 1.54) is 25.9 Å². The SMILES string of the molecule is CC(C)N(CCCCl)CC1CC1. The van der Waals surface area contributed by atoms with E-state index in [-0.39, 0.29) is 0 Å². The zero-order valence-corrected chi connectivity index (χ0v) is 8.98. The molecular formula is C10H20ClN. The van der Waals surface area contributed by atoms with Crippen molar-refractivity contribution in [1.82, 2.24) is 4.90 Å². The fourth-order valence-corrected chi connectivity index (χ4v) is 1.57. The van der Waals surface area contributed by atoms with E-state index in [1.807, 2.05) is 0 Å². The van der Waals surface area contributed by atoms with Crippen molar-refractivity contribution in [2.75, 3.05) is 19.0 Å². The summed E-state index contributed by atoms with van der Waals surface area (Å²) < 4.78 is 0. The maximum absolute atomic E-state index is 5.68. The van der Waals surface area contributed by atoms with Crippen molar-refractivity contribution in [3.8, 4) is 0 Å². The van der Waals surface area contributed by atoms with Crippen LogP contribution in [0.15, 0.2) is 0 Å². The number of nitrogens with zero attached hydrogens (tertiary/aromatic N) is 1. The van der Waals surface area contributed by atoms with E-state index in [0.717, 1.165) is 18.2 Å². The highest BCUT2D eigenvalue weighted by Crippen LogP contribution is 2.30. The van der Waals surface area contributed by atoms with E-state index < -0.39 is 0 Å². The molecular weight excluding hydrogens is 170 g/mol. The third kappa shape index (κ3) is 3.77. The fraction of sp³-hybridized carbons (Fsp3) is 1.00. The Morgan fingerprint density at radius 3 is 2.50 bits per heavy atom. The summed E-state index contributed by atoms with van der Waals surface area (Å²) in [6.45, 7) is 7.03. The molecule has 1 fully saturated rings. The first-order valence-corrected chi connectivity index (χ1v) is 5.57. The highest BCUT2D eigenvalue weighted by Gasteiger charge is 2.24. The van der Waals surface area contributed by atoms with Crippen LogP contribution in [-0.2, 0) is 0 Å². The Morgan fingerprint density at radius 2 is 2.08 bits per heavy atom. The largest absolute Gasteiger partial charge is 0.301 e. The van der Waals surface area contributed by atoms with E-state index in [0.29, 0.717) is 6.04 Å². The van der Waals surface area contributed by atoms with Gasteiger partial charge in [0.15, 0.2) is 0 Å². The predicted octanol–water partition coefficient (Wildman–Crippen LogP) is 2.74. The van der Waals surface area contributed by atoms with Crippen LogP contribution in [0.3, 0.4) is 0 Å². The highest BCUT2D eigenvalue weighted by molar-refractivity contribution is 6.17. The maximum atomic E-state index is 5.68. The third-order valence-electron chi connectivity index (χ3n) is 2.50. The van der Waals surface area contributed by atoms with E-state index in [2.05, 4.69) is 18.7 Å². The second-order valence-electron chi connectivity index (χ2n) is 4.07. The minimum absolute atomic E-state index is 0.689. The summed E-state index contributed by atoms with van der Waals surface area (Å²) >= 11 is 5.68. The van der Waals surface area contributed by atoms with Crippen molar-refractivity contribution >= 4 is 11.6 Å². The first kappa shape index (κ1) is 10.3. The van der Waals surface area contributed by atoms with Gasteiger partial charge in [-0.2, -0.15) is 0 Å². The van der Waals surface area contributed by atoms with Gasteiger partial charge in [0.1, 0.15) is 0 Å². The molecule has 0 aromatic heterocycles. The van der Waals surface area contributed by atoms with Crippen LogP contribution in [0.4, 0.5) is 0 Å². The maximum Gasteiger partial charge on any atom is 0.0235 e. The van der Waals surface area contributed by atoms with E-state index >= 15 is 0 Å². The van der Waals surface area contributed by atoms with Gasteiger partial charge in [0, 0.05) is 18.5 Å². The van der Waals surface area contributed by atoms with Gasteiger partial charge >= 0.3 is 0 Å². The van der Waals surface area contributed by atoms with Crippen molar-refractivity contribution in [1.29, 1.82) is 0 Å². The van der Waals surface area contributed by atoms with Gasteiger partial charge in [-0.05, 0) is 45.6 Å². The van der Waals surface area contributed by atoms with Crippen molar-refractivity contribution in [3.63, 3.8) is 0 Å². The summed E-state index contributed by atoms with van der Waals surface area (Å²) in [6.07, 6.45) is 4.03. The average Bonchev–Trinajstić information content (AvgIpc) is 2.80. The molecule has 0 aliphatic heterocycles. The normalized spacial score (nSPS) is 17.8. The van der Waals surface area contributed by atoms with Gasteiger partial charge < -0.3 is 4.90 Å². The molecule has 0 amide bonds. The van der Waals surface area contributed by atoms with Crippen LogP contribution in [-0.4, -0.2) is 29.9 Å². The molecule has 2 heteroatoms. The number of rotatable bonds is 6.